The van der Waals surface area contributed by atoms with Gasteiger partial charge in [-0.2, -0.15) is 26.3 Å². The Balaban J connectivity index is 1.83. The second-order valence-electron chi connectivity index (χ2n) is 9.68. The van der Waals surface area contributed by atoms with Gasteiger partial charge in [0.1, 0.15) is 0 Å². The van der Waals surface area contributed by atoms with Crippen LogP contribution in [-0.2, 0) is 41.2 Å². The first-order chi connectivity index (χ1) is 18.3. The molecule has 2 atom stereocenters. The zero-order valence-electron chi connectivity index (χ0n) is 21.6. The molecule has 2 aromatic carbocycles. The van der Waals surface area contributed by atoms with Gasteiger partial charge in [-0.25, -0.2) is 9.59 Å². The number of halogens is 6. The average molecular weight is 559 g/mol. The van der Waals surface area contributed by atoms with Crippen LogP contribution in [0.15, 0.2) is 30.3 Å². The first kappa shape index (κ1) is 28.6. The molecule has 6 nitrogen and oxygen atoms in total. The van der Waals surface area contributed by atoms with Crippen LogP contribution >= 0.6 is 0 Å². The quantitative estimate of drug-likeness (QED) is 0.370. The molecule has 1 aliphatic carbocycles. The SMILES string of the molecule is CCOC(=O)N1c2c(ccc3c2CCC3)[C@@H](N(Cc2cc(C(F)(F)F)cc(C(F)(F)F)c2)C(=O)OC)C[C@H]1C. The average Bonchev–Trinajstić information content (AvgIpc) is 3.34. The van der Waals surface area contributed by atoms with Crippen molar-refractivity contribution >= 4 is 17.9 Å². The topological polar surface area (TPSA) is 59.1 Å². The van der Waals surface area contributed by atoms with E-state index in [-0.39, 0.29) is 24.7 Å². The van der Waals surface area contributed by atoms with E-state index in [1.54, 1.807) is 19.9 Å². The van der Waals surface area contributed by atoms with E-state index >= 15 is 0 Å². The molecular formula is C27H28F6N2O4. The fraction of sp³-hybridized carbons (Fsp3) is 0.481. The molecule has 1 aliphatic heterocycles. The number of amides is 2. The lowest BCUT2D eigenvalue weighted by Gasteiger charge is -2.43. The first-order valence-corrected chi connectivity index (χ1v) is 12.5. The van der Waals surface area contributed by atoms with Crippen LogP contribution in [0.4, 0.5) is 41.6 Å². The number of carbonyl (C=O) groups is 2. The zero-order valence-corrected chi connectivity index (χ0v) is 21.6. The summed E-state index contributed by atoms with van der Waals surface area (Å²) in [6.07, 6.45) is -9.07. The van der Waals surface area contributed by atoms with E-state index in [0.717, 1.165) is 36.0 Å². The molecule has 0 saturated heterocycles. The summed E-state index contributed by atoms with van der Waals surface area (Å²) >= 11 is 0. The lowest BCUT2D eigenvalue weighted by molar-refractivity contribution is -0.143. The number of benzene rings is 2. The van der Waals surface area contributed by atoms with Gasteiger partial charge in [-0.1, -0.05) is 12.1 Å². The van der Waals surface area contributed by atoms with Crippen molar-refractivity contribution in [2.24, 2.45) is 0 Å². The fourth-order valence-electron chi connectivity index (χ4n) is 5.48. The molecule has 0 fully saturated rings. The van der Waals surface area contributed by atoms with Crippen molar-refractivity contribution in [3.8, 4) is 0 Å². The van der Waals surface area contributed by atoms with Crippen LogP contribution in [0.3, 0.4) is 0 Å². The zero-order chi connectivity index (χ0) is 28.7. The van der Waals surface area contributed by atoms with Crippen molar-refractivity contribution in [3.63, 3.8) is 0 Å². The van der Waals surface area contributed by atoms with Gasteiger partial charge in [0.2, 0.25) is 0 Å². The molecule has 212 valence electrons. The highest BCUT2D eigenvalue weighted by molar-refractivity contribution is 5.92. The van der Waals surface area contributed by atoms with Crippen LogP contribution in [0, 0.1) is 0 Å². The van der Waals surface area contributed by atoms with Gasteiger partial charge in [0.25, 0.3) is 0 Å². The summed E-state index contributed by atoms with van der Waals surface area (Å²) in [6.45, 7) is 2.99. The summed E-state index contributed by atoms with van der Waals surface area (Å²) in [5.41, 5.74) is -0.225. The largest absolute Gasteiger partial charge is 0.453 e. The molecule has 0 spiro atoms. The monoisotopic (exact) mass is 558 g/mol. The van der Waals surface area contributed by atoms with Crippen molar-refractivity contribution in [2.45, 2.75) is 70.5 Å². The van der Waals surface area contributed by atoms with Crippen LogP contribution < -0.4 is 4.90 Å². The van der Waals surface area contributed by atoms with Crippen LogP contribution in [0.5, 0.6) is 0 Å². The standard InChI is InChI=1S/C27H28F6N2O4/c1-4-39-25(37)35-15(2)10-22(21-9-8-17-6-5-7-20(17)23(21)35)34(24(36)38-3)14-16-11-18(26(28,29)30)13-19(12-16)27(31,32)33/h8-9,11-13,15,22H,4-7,10,14H2,1-3H3/t15-,22+/m1/s1. The maximum absolute atomic E-state index is 13.5. The molecule has 0 bridgehead atoms. The highest BCUT2D eigenvalue weighted by atomic mass is 19.4. The lowest BCUT2D eigenvalue weighted by Crippen LogP contribution is -2.48. The molecule has 0 N–H and O–H groups in total. The minimum Gasteiger partial charge on any atom is -0.453 e. The lowest BCUT2D eigenvalue weighted by atomic mass is 9.87. The Bertz CT molecular complexity index is 1230. The second kappa shape index (κ2) is 10.6. The van der Waals surface area contributed by atoms with E-state index in [4.69, 9.17) is 9.47 Å². The molecule has 2 amide bonds. The predicted molar refractivity (Wildman–Crippen MR) is 129 cm³/mol. The van der Waals surface area contributed by atoms with Crippen molar-refractivity contribution in [3.05, 3.63) is 63.7 Å². The number of ether oxygens (including phenoxy) is 2. The molecule has 39 heavy (non-hydrogen) atoms. The van der Waals surface area contributed by atoms with E-state index in [1.807, 2.05) is 6.07 Å². The first-order valence-electron chi connectivity index (χ1n) is 12.5. The summed E-state index contributed by atoms with van der Waals surface area (Å²) in [7, 11) is 1.09. The van der Waals surface area contributed by atoms with Gasteiger partial charge in [-0.05, 0) is 80.0 Å². The number of aryl methyl sites for hydroxylation is 1. The maximum Gasteiger partial charge on any atom is 0.416 e. The van der Waals surface area contributed by atoms with Gasteiger partial charge in [-0.15, -0.1) is 0 Å². The maximum atomic E-state index is 13.5. The third-order valence-corrected chi connectivity index (χ3v) is 7.14. The smallest absolute Gasteiger partial charge is 0.416 e. The molecule has 2 aliphatic rings. The third-order valence-electron chi connectivity index (χ3n) is 7.14. The van der Waals surface area contributed by atoms with Crippen molar-refractivity contribution in [1.82, 2.24) is 4.90 Å². The number of nitrogens with zero attached hydrogens (tertiary/aromatic N) is 2. The Hall–Kier alpha value is -3.44. The summed E-state index contributed by atoms with van der Waals surface area (Å²) in [5, 5.41) is 0. The second-order valence-corrected chi connectivity index (χ2v) is 9.68. The van der Waals surface area contributed by atoms with Crippen molar-refractivity contribution in [2.75, 3.05) is 18.6 Å². The van der Waals surface area contributed by atoms with Crippen molar-refractivity contribution in [1.29, 1.82) is 0 Å². The number of alkyl halides is 6. The van der Waals surface area contributed by atoms with Crippen LogP contribution in [0.2, 0.25) is 0 Å². The van der Waals surface area contributed by atoms with Crippen LogP contribution in [-0.4, -0.2) is 36.8 Å². The van der Waals surface area contributed by atoms with Gasteiger partial charge in [-0.3, -0.25) is 9.80 Å². The molecule has 1 heterocycles. The Morgan fingerprint density at radius 1 is 1.03 bits per heavy atom. The molecular weight excluding hydrogens is 530 g/mol. The number of rotatable bonds is 4. The van der Waals surface area contributed by atoms with E-state index in [2.05, 4.69) is 0 Å². The Morgan fingerprint density at radius 3 is 2.23 bits per heavy atom. The number of carbonyl (C=O) groups excluding carboxylic acids is 2. The van der Waals surface area contributed by atoms with Gasteiger partial charge < -0.3 is 9.47 Å². The molecule has 12 heteroatoms. The number of hydrogen-bond acceptors (Lipinski definition) is 4. The molecule has 0 radical (unpaired) electrons. The van der Waals surface area contributed by atoms with Crippen LogP contribution in [0.1, 0.15) is 66.1 Å². The van der Waals surface area contributed by atoms with Gasteiger partial charge in [0, 0.05) is 12.6 Å². The highest BCUT2D eigenvalue weighted by Gasteiger charge is 2.42. The third kappa shape index (κ3) is 5.65. The molecule has 0 unspecified atom stereocenters. The fourth-order valence-corrected chi connectivity index (χ4v) is 5.48. The minimum absolute atomic E-state index is 0.0461. The normalized spacial score (nSPS) is 18.8. The highest BCUT2D eigenvalue weighted by Crippen LogP contribution is 2.47. The predicted octanol–water partition coefficient (Wildman–Crippen LogP) is 7.28. The molecule has 0 aromatic heterocycles. The van der Waals surface area contributed by atoms with Gasteiger partial charge in [0.15, 0.2) is 0 Å². The number of hydrogen-bond donors (Lipinski definition) is 0. The van der Waals surface area contributed by atoms with Gasteiger partial charge in [0.05, 0.1) is 36.6 Å². The van der Waals surface area contributed by atoms with E-state index in [1.165, 1.54) is 4.90 Å². The number of methoxy groups -OCH3 is 1. The van der Waals surface area contributed by atoms with E-state index < -0.39 is 54.3 Å². The van der Waals surface area contributed by atoms with E-state index in [0.29, 0.717) is 29.8 Å². The van der Waals surface area contributed by atoms with Crippen molar-refractivity contribution < 1.29 is 45.4 Å². The minimum atomic E-state index is -5.03. The summed E-state index contributed by atoms with van der Waals surface area (Å²) in [6, 6.07) is 3.61. The molecule has 0 saturated carbocycles. The summed E-state index contributed by atoms with van der Waals surface area (Å²) < 4.78 is 91.1. The summed E-state index contributed by atoms with van der Waals surface area (Å²) in [5.74, 6) is 0. The molecule has 4 rings (SSSR count). The summed E-state index contributed by atoms with van der Waals surface area (Å²) in [4.78, 5) is 28.6. The van der Waals surface area contributed by atoms with Crippen LogP contribution in [0.25, 0.3) is 0 Å². The molecule has 2 aromatic rings. The number of anilines is 1. The Morgan fingerprint density at radius 2 is 1.67 bits per heavy atom. The van der Waals surface area contributed by atoms with Gasteiger partial charge >= 0.3 is 24.5 Å². The van der Waals surface area contributed by atoms with E-state index in [9.17, 15) is 35.9 Å². The number of fused-ring (bicyclic) bond motifs is 3. The Labute approximate surface area is 221 Å². The Kier molecular flexibility index (Phi) is 7.77.